The zero-order chi connectivity index (χ0) is 32.0. The van der Waals surface area contributed by atoms with Crippen molar-refractivity contribution < 1.29 is 9.13 Å². The number of aromatic nitrogens is 4. The van der Waals surface area contributed by atoms with Crippen molar-refractivity contribution >= 4 is 21.8 Å². The number of ether oxygens (including phenoxy) is 1. The van der Waals surface area contributed by atoms with Crippen LogP contribution < -0.4 is 4.74 Å². The fourth-order valence-electron chi connectivity index (χ4n) is 6.28. The third-order valence-corrected chi connectivity index (χ3v) is 8.55. The van der Waals surface area contributed by atoms with E-state index in [1.807, 2.05) is 70.8 Å². The molecule has 46 heavy (non-hydrogen) atoms. The largest absolute Gasteiger partial charge is 0.457 e. The standard InChI is InChI=1S/C40H37FN4O/c1-26-39(29-10-7-6-8-11-29)27(2)45(43-26)31-12-9-13-32(24-31)46-33-15-16-34-35-22-28(18-20-40(3,4)5)14-17-36(35)44(37(34)25-33)38-23-30(41)19-21-42-38/h6-17,19,21-25H,18,20H2,1-5H3. The highest BCUT2D eigenvalue weighted by Gasteiger charge is 2.18. The first kappa shape index (κ1) is 29.5. The minimum absolute atomic E-state index is 0.247. The number of hydrogen-bond donors (Lipinski definition) is 0. The van der Waals surface area contributed by atoms with E-state index in [1.54, 1.807) is 0 Å². The normalized spacial score (nSPS) is 11.9. The molecule has 0 radical (unpaired) electrons. The van der Waals surface area contributed by atoms with Gasteiger partial charge in [0.2, 0.25) is 0 Å². The maximum absolute atomic E-state index is 14.4. The number of hydrogen-bond acceptors (Lipinski definition) is 3. The third kappa shape index (κ3) is 5.67. The first-order valence-corrected chi connectivity index (χ1v) is 15.7. The summed E-state index contributed by atoms with van der Waals surface area (Å²) in [6, 6.07) is 33.8. The van der Waals surface area contributed by atoms with Crippen LogP contribution in [0.2, 0.25) is 0 Å². The van der Waals surface area contributed by atoms with Crippen molar-refractivity contribution in [2.75, 3.05) is 0 Å². The van der Waals surface area contributed by atoms with Crippen molar-refractivity contribution in [3.8, 4) is 34.1 Å². The van der Waals surface area contributed by atoms with E-state index in [9.17, 15) is 4.39 Å². The maximum Gasteiger partial charge on any atom is 0.140 e. The Kier molecular flexibility index (Phi) is 7.44. The molecule has 5 nitrogen and oxygen atoms in total. The molecule has 0 atom stereocenters. The Bertz CT molecular complexity index is 2210. The second-order valence-corrected chi connectivity index (χ2v) is 13.2. The van der Waals surface area contributed by atoms with E-state index in [4.69, 9.17) is 9.84 Å². The monoisotopic (exact) mass is 608 g/mol. The number of pyridine rings is 1. The molecule has 0 saturated heterocycles. The lowest BCUT2D eigenvalue weighted by Crippen LogP contribution is -2.06. The Morgan fingerprint density at radius 3 is 2.35 bits per heavy atom. The molecule has 3 heterocycles. The summed E-state index contributed by atoms with van der Waals surface area (Å²) < 4.78 is 24.9. The number of aryl methyl sites for hydroxylation is 2. The maximum atomic E-state index is 14.4. The molecular formula is C40H37FN4O. The van der Waals surface area contributed by atoms with Crippen molar-refractivity contribution in [2.24, 2.45) is 5.41 Å². The van der Waals surface area contributed by atoms with Gasteiger partial charge >= 0.3 is 0 Å². The van der Waals surface area contributed by atoms with Gasteiger partial charge in [-0.3, -0.25) is 4.57 Å². The fraction of sp³-hybridized carbons (Fsp3) is 0.200. The van der Waals surface area contributed by atoms with Crippen molar-refractivity contribution in [1.82, 2.24) is 19.3 Å². The topological polar surface area (TPSA) is 44.9 Å². The minimum Gasteiger partial charge on any atom is -0.457 e. The van der Waals surface area contributed by atoms with Gasteiger partial charge in [-0.15, -0.1) is 0 Å². The molecule has 0 aliphatic heterocycles. The molecule has 4 aromatic carbocycles. The molecule has 0 bridgehead atoms. The second kappa shape index (κ2) is 11.6. The lowest BCUT2D eigenvalue weighted by atomic mass is 9.88. The first-order valence-electron chi connectivity index (χ1n) is 15.7. The molecule has 7 rings (SSSR count). The van der Waals surface area contributed by atoms with Crippen LogP contribution in [0.4, 0.5) is 4.39 Å². The van der Waals surface area contributed by atoms with Crippen LogP contribution in [0, 0.1) is 25.1 Å². The van der Waals surface area contributed by atoms with Gasteiger partial charge in [0.25, 0.3) is 0 Å². The van der Waals surface area contributed by atoms with Gasteiger partial charge in [0.05, 0.1) is 22.4 Å². The van der Waals surface area contributed by atoms with Crippen molar-refractivity contribution in [2.45, 2.75) is 47.5 Å². The molecule has 7 aromatic rings. The molecule has 0 aliphatic rings. The summed E-state index contributed by atoms with van der Waals surface area (Å²) in [4.78, 5) is 4.54. The van der Waals surface area contributed by atoms with Crippen LogP contribution >= 0.6 is 0 Å². The summed E-state index contributed by atoms with van der Waals surface area (Å²) in [6.45, 7) is 10.9. The highest BCUT2D eigenvalue weighted by atomic mass is 19.1. The average molecular weight is 609 g/mol. The van der Waals surface area contributed by atoms with E-state index < -0.39 is 0 Å². The van der Waals surface area contributed by atoms with Gasteiger partial charge < -0.3 is 4.74 Å². The molecule has 230 valence electrons. The lowest BCUT2D eigenvalue weighted by molar-refractivity contribution is 0.378. The Balaban J connectivity index is 1.28. The molecule has 0 spiro atoms. The van der Waals surface area contributed by atoms with Gasteiger partial charge in [0.15, 0.2) is 0 Å². The third-order valence-electron chi connectivity index (χ3n) is 8.55. The van der Waals surface area contributed by atoms with Crippen molar-refractivity contribution in [3.05, 3.63) is 132 Å². The van der Waals surface area contributed by atoms with E-state index in [2.05, 4.69) is 69.1 Å². The number of halogens is 1. The molecule has 0 N–H and O–H groups in total. The van der Waals surface area contributed by atoms with Gasteiger partial charge in [-0.2, -0.15) is 5.10 Å². The first-order chi connectivity index (χ1) is 22.1. The minimum atomic E-state index is -0.328. The molecule has 6 heteroatoms. The Morgan fingerprint density at radius 1 is 0.761 bits per heavy atom. The van der Waals surface area contributed by atoms with E-state index >= 15 is 0 Å². The average Bonchev–Trinajstić information content (AvgIpc) is 3.52. The van der Waals surface area contributed by atoms with Gasteiger partial charge in [-0.25, -0.2) is 14.1 Å². The van der Waals surface area contributed by atoms with Gasteiger partial charge in [0.1, 0.15) is 23.1 Å². The molecule has 0 saturated carbocycles. The van der Waals surface area contributed by atoms with Crippen LogP contribution in [0.15, 0.2) is 109 Å². The Hall–Kier alpha value is -5.23. The summed E-state index contributed by atoms with van der Waals surface area (Å²) in [7, 11) is 0. The fourth-order valence-corrected chi connectivity index (χ4v) is 6.28. The number of nitrogens with zero attached hydrogens (tertiary/aromatic N) is 4. The number of rotatable bonds is 7. The summed E-state index contributed by atoms with van der Waals surface area (Å²) >= 11 is 0. The van der Waals surface area contributed by atoms with Crippen LogP contribution in [-0.2, 0) is 6.42 Å². The molecule has 0 fully saturated rings. The highest BCUT2D eigenvalue weighted by Crippen LogP contribution is 2.37. The summed E-state index contributed by atoms with van der Waals surface area (Å²) in [5.74, 6) is 1.57. The number of benzene rings is 4. The molecule has 0 aliphatic carbocycles. The van der Waals surface area contributed by atoms with E-state index in [1.165, 1.54) is 23.9 Å². The number of fused-ring (bicyclic) bond motifs is 3. The summed E-state index contributed by atoms with van der Waals surface area (Å²) in [5.41, 5.74) is 8.65. The van der Waals surface area contributed by atoms with E-state index in [0.29, 0.717) is 17.3 Å². The van der Waals surface area contributed by atoms with Crippen molar-refractivity contribution in [3.63, 3.8) is 0 Å². The molecular weight excluding hydrogens is 571 g/mol. The quantitative estimate of drug-likeness (QED) is 0.181. The highest BCUT2D eigenvalue weighted by molar-refractivity contribution is 6.09. The Morgan fingerprint density at radius 2 is 1.57 bits per heavy atom. The predicted octanol–water partition coefficient (Wildman–Crippen LogP) is 10.6. The van der Waals surface area contributed by atoms with Crippen LogP contribution in [0.5, 0.6) is 11.5 Å². The van der Waals surface area contributed by atoms with E-state index in [-0.39, 0.29) is 11.2 Å². The Labute approximate surface area is 268 Å². The van der Waals surface area contributed by atoms with Crippen molar-refractivity contribution in [1.29, 1.82) is 0 Å². The van der Waals surface area contributed by atoms with Crippen LogP contribution in [-0.4, -0.2) is 19.3 Å². The zero-order valence-corrected chi connectivity index (χ0v) is 26.9. The molecule has 0 unspecified atom stereocenters. The molecule has 3 aromatic heterocycles. The summed E-state index contributed by atoms with van der Waals surface area (Å²) in [6.07, 6.45) is 3.59. The van der Waals surface area contributed by atoms with Gasteiger partial charge in [0, 0.05) is 46.4 Å². The zero-order valence-electron chi connectivity index (χ0n) is 26.9. The smallest absolute Gasteiger partial charge is 0.140 e. The van der Waals surface area contributed by atoms with Gasteiger partial charge in [-0.1, -0.05) is 63.2 Å². The van der Waals surface area contributed by atoms with E-state index in [0.717, 1.165) is 62.8 Å². The SMILES string of the molecule is Cc1nn(-c2cccc(Oc3ccc4c5cc(CCC(C)(C)C)ccc5n(-c5cc(F)ccn5)c4c3)c2)c(C)c1-c1ccccc1. The van der Waals surface area contributed by atoms with Gasteiger partial charge in [-0.05, 0) is 85.7 Å². The second-order valence-electron chi connectivity index (χ2n) is 13.2. The van der Waals surface area contributed by atoms with Crippen LogP contribution in [0.1, 0.15) is 44.1 Å². The lowest BCUT2D eigenvalue weighted by Gasteiger charge is -2.17. The summed E-state index contributed by atoms with van der Waals surface area (Å²) in [5, 5.41) is 7.05. The molecule has 0 amide bonds. The van der Waals surface area contributed by atoms with Crippen LogP contribution in [0.25, 0.3) is 44.4 Å². The van der Waals surface area contributed by atoms with Crippen LogP contribution in [0.3, 0.4) is 0 Å². The predicted molar refractivity (Wildman–Crippen MR) is 185 cm³/mol.